The van der Waals surface area contributed by atoms with Gasteiger partial charge in [0.15, 0.2) is 0 Å². The summed E-state index contributed by atoms with van der Waals surface area (Å²) >= 11 is 0. The molecule has 124 valence electrons. The van der Waals surface area contributed by atoms with Crippen molar-refractivity contribution in [2.45, 2.75) is 26.2 Å². The molecule has 0 aliphatic heterocycles. The number of nitrogen functional groups attached to an aromatic ring is 1. The first-order valence-electron chi connectivity index (χ1n) is 7.27. The SMILES string of the molecule is CCCN(CC(=O)N(C)C)C(=O)CCc1ccccc1N.Cl. The summed E-state index contributed by atoms with van der Waals surface area (Å²) in [7, 11) is 3.39. The lowest BCUT2D eigenvalue weighted by molar-refractivity contribution is -0.139. The van der Waals surface area contributed by atoms with Gasteiger partial charge < -0.3 is 15.5 Å². The number of para-hydroxylation sites is 1. The second kappa shape index (κ2) is 10.1. The molecule has 0 spiro atoms. The molecule has 22 heavy (non-hydrogen) atoms. The monoisotopic (exact) mass is 327 g/mol. The quantitative estimate of drug-likeness (QED) is 0.778. The van der Waals surface area contributed by atoms with Crippen molar-refractivity contribution in [3.05, 3.63) is 29.8 Å². The third kappa shape index (κ3) is 6.35. The maximum absolute atomic E-state index is 12.3. The predicted molar refractivity (Wildman–Crippen MR) is 92.0 cm³/mol. The van der Waals surface area contributed by atoms with Crippen molar-refractivity contribution < 1.29 is 9.59 Å². The Kier molecular flexibility index (Phi) is 9.26. The molecule has 0 saturated carbocycles. The second-order valence-electron chi connectivity index (χ2n) is 5.30. The van der Waals surface area contributed by atoms with Crippen molar-refractivity contribution in [1.82, 2.24) is 9.80 Å². The predicted octanol–water partition coefficient (Wildman–Crippen LogP) is 1.95. The minimum Gasteiger partial charge on any atom is -0.399 e. The number of rotatable bonds is 7. The minimum absolute atomic E-state index is 0. The molecule has 0 bridgehead atoms. The number of benzene rings is 1. The van der Waals surface area contributed by atoms with E-state index >= 15 is 0 Å². The number of carbonyl (C=O) groups excluding carboxylic acids is 2. The van der Waals surface area contributed by atoms with Crippen molar-refractivity contribution in [2.24, 2.45) is 0 Å². The molecule has 1 aromatic rings. The average molecular weight is 328 g/mol. The third-order valence-electron chi connectivity index (χ3n) is 3.33. The highest BCUT2D eigenvalue weighted by Gasteiger charge is 2.17. The van der Waals surface area contributed by atoms with Gasteiger partial charge in [-0.3, -0.25) is 9.59 Å². The van der Waals surface area contributed by atoms with Crippen molar-refractivity contribution in [3.8, 4) is 0 Å². The highest BCUT2D eigenvalue weighted by atomic mass is 35.5. The van der Waals surface area contributed by atoms with Gasteiger partial charge in [-0.2, -0.15) is 0 Å². The van der Waals surface area contributed by atoms with Gasteiger partial charge in [-0.15, -0.1) is 12.4 Å². The molecule has 0 aliphatic rings. The molecular formula is C16H26ClN3O2. The topological polar surface area (TPSA) is 66.6 Å². The normalized spacial score (nSPS) is 9.77. The molecule has 0 fully saturated rings. The zero-order valence-electron chi connectivity index (χ0n) is 13.5. The molecule has 0 radical (unpaired) electrons. The fourth-order valence-corrected chi connectivity index (χ4v) is 2.03. The van der Waals surface area contributed by atoms with E-state index in [4.69, 9.17) is 5.73 Å². The Morgan fingerprint density at radius 3 is 2.32 bits per heavy atom. The lowest BCUT2D eigenvalue weighted by Crippen LogP contribution is -2.40. The van der Waals surface area contributed by atoms with Gasteiger partial charge in [0.25, 0.3) is 0 Å². The van der Waals surface area contributed by atoms with Crippen LogP contribution < -0.4 is 5.73 Å². The summed E-state index contributed by atoms with van der Waals surface area (Å²) < 4.78 is 0. The molecule has 2 amide bonds. The van der Waals surface area contributed by atoms with Crippen LogP contribution in [-0.4, -0.2) is 48.8 Å². The number of likely N-dealkylation sites (N-methyl/N-ethyl adjacent to an activating group) is 1. The second-order valence-corrected chi connectivity index (χ2v) is 5.30. The standard InChI is InChI=1S/C16H25N3O2.ClH/c1-4-11-19(12-16(21)18(2)3)15(20)10-9-13-7-5-6-8-14(13)17;/h5-8H,4,9-12,17H2,1-3H3;1H. The van der Waals surface area contributed by atoms with Crippen molar-refractivity contribution in [3.63, 3.8) is 0 Å². The molecule has 1 rings (SSSR count). The summed E-state index contributed by atoms with van der Waals surface area (Å²) in [5.41, 5.74) is 7.55. The first-order valence-corrected chi connectivity index (χ1v) is 7.27. The molecule has 1 aromatic carbocycles. The molecule has 0 aliphatic carbocycles. The molecular weight excluding hydrogens is 302 g/mol. The summed E-state index contributed by atoms with van der Waals surface area (Å²) in [5, 5.41) is 0. The fraction of sp³-hybridized carbons (Fsp3) is 0.500. The van der Waals surface area contributed by atoms with Crippen LogP contribution in [0.5, 0.6) is 0 Å². The Morgan fingerprint density at radius 2 is 1.77 bits per heavy atom. The Bertz CT molecular complexity index is 492. The molecule has 2 N–H and O–H groups in total. The van der Waals surface area contributed by atoms with Gasteiger partial charge >= 0.3 is 0 Å². The molecule has 6 heteroatoms. The number of carbonyl (C=O) groups is 2. The van der Waals surface area contributed by atoms with Gasteiger partial charge in [0.1, 0.15) is 0 Å². The number of hydrogen-bond donors (Lipinski definition) is 1. The summed E-state index contributed by atoms with van der Waals surface area (Å²) in [4.78, 5) is 27.2. The first kappa shape index (κ1) is 20.2. The van der Waals surface area contributed by atoms with Gasteiger partial charge in [-0.25, -0.2) is 0 Å². The van der Waals surface area contributed by atoms with Crippen molar-refractivity contribution in [2.75, 3.05) is 32.9 Å². The van der Waals surface area contributed by atoms with E-state index in [1.54, 1.807) is 19.0 Å². The molecule has 0 unspecified atom stereocenters. The van der Waals surface area contributed by atoms with Crippen LogP contribution in [0.25, 0.3) is 0 Å². The maximum atomic E-state index is 12.3. The Hall–Kier alpha value is -1.75. The number of halogens is 1. The van der Waals surface area contributed by atoms with E-state index in [1.807, 2.05) is 31.2 Å². The van der Waals surface area contributed by atoms with Gasteiger partial charge in [-0.05, 0) is 24.5 Å². The number of amides is 2. The highest BCUT2D eigenvalue weighted by Crippen LogP contribution is 2.13. The van der Waals surface area contributed by atoms with Gasteiger partial charge in [0, 0.05) is 32.7 Å². The molecule has 5 nitrogen and oxygen atoms in total. The van der Waals surface area contributed by atoms with E-state index < -0.39 is 0 Å². The summed E-state index contributed by atoms with van der Waals surface area (Å²) in [6.45, 7) is 2.74. The number of anilines is 1. The van der Waals surface area contributed by atoms with Crippen LogP contribution in [-0.2, 0) is 16.0 Å². The van der Waals surface area contributed by atoms with Crippen molar-refractivity contribution >= 4 is 29.9 Å². The Labute approximate surface area is 138 Å². The highest BCUT2D eigenvalue weighted by molar-refractivity contribution is 5.85. The van der Waals surface area contributed by atoms with E-state index in [2.05, 4.69) is 0 Å². The van der Waals surface area contributed by atoms with Gasteiger partial charge in [0.2, 0.25) is 11.8 Å². The lowest BCUT2D eigenvalue weighted by atomic mass is 10.1. The van der Waals surface area contributed by atoms with Crippen LogP contribution in [0.15, 0.2) is 24.3 Å². The molecule has 0 saturated heterocycles. The van der Waals surface area contributed by atoms with Crippen LogP contribution in [0.3, 0.4) is 0 Å². The number of nitrogens with two attached hydrogens (primary N) is 1. The van der Waals surface area contributed by atoms with Gasteiger partial charge in [-0.1, -0.05) is 25.1 Å². The minimum atomic E-state index is -0.0592. The maximum Gasteiger partial charge on any atom is 0.241 e. The van der Waals surface area contributed by atoms with E-state index in [9.17, 15) is 9.59 Å². The van der Waals surface area contributed by atoms with E-state index in [0.29, 0.717) is 25.1 Å². The Balaban J connectivity index is 0.00000441. The van der Waals surface area contributed by atoms with Crippen LogP contribution in [0, 0.1) is 0 Å². The van der Waals surface area contributed by atoms with Crippen LogP contribution >= 0.6 is 12.4 Å². The number of nitrogens with zero attached hydrogens (tertiary/aromatic N) is 2. The largest absolute Gasteiger partial charge is 0.399 e. The summed E-state index contributed by atoms with van der Waals surface area (Å²) in [6.07, 6.45) is 1.80. The van der Waals surface area contributed by atoms with E-state index in [1.165, 1.54) is 4.90 Å². The zero-order valence-corrected chi connectivity index (χ0v) is 14.4. The average Bonchev–Trinajstić information content (AvgIpc) is 2.45. The fourth-order valence-electron chi connectivity index (χ4n) is 2.03. The smallest absolute Gasteiger partial charge is 0.241 e. The van der Waals surface area contributed by atoms with Crippen LogP contribution in [0.2, 0.25) is 0 Å². The number of hydrogen-bond acceptors (Lipinski definition) is 3. The summed E-state index contributed by atoms with van der Waals surface area (Å²) in [6, 6.07) is 7.55. The van der Waals surface area contributed by atoms with Crippen LogP contribution in [0.1, 0.15) is 25.3 Å². The van der Waals surface area contributed by atoms with E-state index in [0.717, 1.165) is 12.0 Å². The lowest BCUT2D eigenvalue weighted by Gasteiger charge is -2.23. The van der Waals surface area contributed by atoms with Gasteiger partial charge in [0.05, 0.1) is 6.54 Å². The van der Waals surface area contributed by atoms with Crippen molar-refractivity contribution in [1.29, 1.82) is 0 Å². The molecule has 0 aromatic heterocycles. The van der Waals surface area contributed by atoms with E-state index in [-0.39, 0.29) is 30.8 Å². The summed E-state index contributed by atoms with van der Waals surface area (Å²) in [5.74, 6) is -0.0636. The van der Waals surface area contributed by atoms with Crippen LogP contribution in [0.4, 0.5) is 5.69 Å². The third-order valence-corrected chi connectivity index (χ3v) is 3.33. The first-order chi connectivity index (χ1) is 9.95. The zero-order chi connectivity index (χ0) is 15.8. The Morgan fingerprint density at radius 1 is 1.14 bits per heavy atom. The molecule has 0 heterocycles. The number of aryl methyl sites for hydroxylation is 1. The molecule has 0 atom stereocenters.